The first-order valence-electron chi connectivity index (χ1n) is 5.16. The predicted octanol–water partition coefficient (Wildman–Crippen LogP) is 0.995. The fraction of sp³-hybridized carbons (Fsp3) is 0.900. The van der Waals surface area contributed by atoms with Crippen molar-refractivity contribution >= 4 is 5.91 Å². The molecule has 1 rings (SSSR count). The fourth-order valence-electron chi connectivity index (χ4n) is 1.75. The van der Waals surface area contributed by atoms with Crippen molar-refractivity contribution < 1.29 is 4.79 Å². The molecule has 13 heavy (non-hydrogen) atoms. The summed E-state index contributed by atoms with van der Waals surface area (Å²) in [6.45, 7) is 4.95. The zero-order valence-electron chi connectivity index (χ0n) is 8.84. The lowest BCUT2D eigenvalue weighted by Gasteiger charge is -2.30. The Labute approximate surface area is 80.5 Å². The summed E-state index contributed by atoms with van der Waals surface area (Å²) in [5.41, 5.74) is 0. The Kier molecular flexibility index (Phi) is 3.72. The van der Waals surface area contributed by atoms with Gasteiger partial charge in [0.15, 0.2) is 0 Å². The van der Waals surface area contributed by atoms with Crippen LogP contribution in [0.25, 0.3) is 0 Å². The number of piperidine rings is 1. The normalized spacial score (nSPS) is 28.5. The highest BCUT2D eigenvalue weighted by Gasteiger charge is 2.25. The minimum atomic E-state index is 0.0636. The van der Waals surface area contributed by atoms with Crippen LogP contribution < -0.4 is 5.32 Å². The van der Waals surface area contributed by atoms with Gasteiger partial charge in [-0.05, 0) is 33.1 Å². The van der Waals surface area contributed by atoms with Crippen LogP contribution in [0.5, 0.6) is 0 Å². The minimum absolute atomic E-state index is 0.0636. The molecule has 1 N–H and O–H groups in total. The Morgan fingerprint density at radius 3 is 2.77 bits per heavy atom. The van der Waals surface area contributed by atoms with Crippen molar-refractivity contribution in [2.45, 2.75) is 45.2 Å². The van der Waals surface area contributed by atoms with Crippen molar-refractivity contribution in [3.8, 4) is 0 Å². The number of nitrogens with zero attached hydrogens (tertiary/aromatic N) is 1. The summed E-state index contributed by atoms with van der Waals surface area (Å²) in [6, 6.07) is 0.557. The van der Waals surface area contributed by atoms with E-state index in [0.717, 1.165) is 13.0 Å². The molecule has 0 aromatic rings. The SMILES string of the molecule is CCN(C)C(=O)C1CCCC(C)N1. The van der Waals surface area contributed by atoms with Crippen LogP contribution in [0.3, 0.4) is 0 Å². The molecule has 0 spiro atoms. The van der Waals surface area contributed by atoms with Crippen molar-refractivity contribution in [3.05, 3.63) is 0 Å². The van der Waals surface area contributed by atoms with Crippen molar-refractivity contribution in [2.75, 3.05) is 13.6 Å². The van der Waals surface area contributed by atoms with Crippen LogP contribution in [0.4, 0.5) is 0 Å². The van der Waals surface area contributed by atoms with Crippen molar-refractivity contribution in [1.82, 2.24) is 10.2 Å². The first-order chi connectivity index (χ1) is 6.15. The van der Waals surface area contributed by atoms with Crippen LogP contribution in [-0.4, -0.2) is 36.5 Å². The van der Waals surface area contributed by atoms with Crippen LogP contribution in [0, 0.1) is 0 Å². The molecular formula is C10H20N2O. The van der Waals surface area contributed by atoms with Gasteiger partial charge in [0.05, 0.1) is 6.04 Å². The molecule has 0 aromatic carbocycles. The molecule has 76 valence electrons. The molecule has 3 nitrogen and oxygen atoms in total. The molecule has 1 heterocycles. The minimum Gasteiger partial charge on any atom is -0.345 e. The van der Waals surface area contributed by atoms with Crippen LogP contribution >= 0.6 is 0 Å². The summed E-state index contributed by atoms with van der Waals surface area (Å²) < 4.78 is 0. The van der Waals surface area contributed by atoms with Gasteiger partial charge in [0.25, 0.3) is 0 Å². The largest absolute Gasteiger partial charge is 0.345 e. The number of rotatable bonds is 2. The highest BCUT2D eigenvalue weighted by Crippen LogP contribution is 2.13. The molecule has 3 heteroatoms. The summed E-state index contributed by atoms with van der Waals surface area (Å²) in [5.74, 6) is 0.244. The predicted molar refractivity (Wildman–Crippen MR) is 53.5 cm³/mol. The van der Waals surface area contributed by atoms with E-state index in [-0.39, 0.29) is 11.9 Å². The van der Waals surface area contributed by atoms with Gasteiger partial charge < -0.3 is 10.2 Å². The summed E-state index contributed by atoms with van der Waals surface area (Å²) in [7, 11) is 1.86. The maximum absolute atomic E-state index is 11.7. The fourth-order valence-corrected chi connectivity index (χ4v) is 1.75. The van der Waals surface area contributed by atoms with Gasteiger partial charge in [0.2, 0.25) is 5.91 Å². The molecule has 0 aromatic heterocycles. The summed E-state index contributed by atoms with van der Waals surface area (Å²) in [6.07, 6.45) is 3.36. The smallest absolute Gasteiger partial charge is 0.239 e. The van der Waals surface area contributed by atoms with Gasteiger partial charge in [0, 0.05) is 19.6 Å². The Hall–Kier alpha value is -0.570. The lowest BCUT2D eigenvalue weighted by atomic mass is 9.99. The molecule has 2 atom stereocenters. The third-order valence-electron chi connectivity index (χ3n) is 2.76. The molecule has 0 saturated carbocycles. The van der Waals surface area contributed by atoms with Crippen LogP contribution in [0.2, 0.25) is 0 Å². The molecular weight excluding hydrogens is 164 g/mol. The number of hydrogen-bond donors (Lipinski definition) is 1. The Morgan fingerprint density at radius 1 is 1.54 bits per heavy atom. The van der Waals surface area contributed by atoms with E-state index < -0.39 is 0 Å². The van der Waals surface area contributed by atoms with Gasteiger partial charge in [0.1, 0.15) is 0 Å². The molecule has 0 bridgehead atoms. The van der Waals surface area contributed by atoms with Gasteiger partial charge in [-0.3, -0.25) is 4.79 Å². The average molecular weight is 184 g/mol. The first-order valence-corrected chi connectivity index (χ1v) is 5.16. The van der Waals surface area contributed by atoms with E-state index in [1.54, 1.807) is 4.90 Å². The van der Waals surface area contributed by atoms with E-state index >= 15 is 0 Å². The first kappa shape index (κ1) is 10.5. The lowest BCUT2D eigenvalue weighted by Crippen LogP contribution is -2.50. The van der Waals surface area contributed by atoms with E-state index in [1.165, 1.54) is 12.8 Å². The highest BCUT2D eigenvalue weighted by atomic mass is 16.2. The van der Waals surface area contributed by atoms with Crippen molar-refractivity contribution in [1.29, 1.82) is 0 Å². The molecule has 1 saturated heterocycles. The highest BCUT2D eigenvalue weighted by molar-refractivity contribution is 5.81. The lowest BCUT2D eigenvalue weighted by molar-refractivity contribution is -0.132. The summed E-state index contributed by atoms with van der Waals surface area (Å²) >= 11 is 0. The number of hydrogen-bond acceptors (Lipinski definition) is 2. The number of carbonyl (C=O) groups excluding carboxylic acids is 1. The van der Waals surface area contributed by atoms with E-state index in [0.29, 0.717) is 6.04 Å². The maximum atomic E-state index is 11.7. The monoisotopic (exact) mass is 184 g/mol. The zero-order chi connectivity index (χ0) is 9.84. The second-order valence-corrected chi connectivity index (χ2v) is 3.90. The molecule has 0 radical (unpaired) electrons. The van der Waals surface area contributed by atoms with E-state index in [2.05, 4.69) is 12.2 Å². The number of amides is 1. The Morgan fingerprint density at radius 2 is 2.23 bits per heavy atom. The van der Waals surface area contributed by atoms with Gasteiger partial charge in [-0.1, -0.05) is 0 Å². The Bertz CT molecular complexity index is 182. The van der Waals surface area contributed by atoms with Crippen molar-refractivity contribution in [3.63, 3.8) is 0 Å². The molecule has 2 unspecified atom stereocenters. The second-order valence-electron chi connectivity index (χ2n) is 3.90. The Balaban J connectivity index is 2.46. The van der Waals surface area contributed by atoms with Gasteiger partial charge >= 0.3 is 0 Å². The topological polar surface area (TPSA) is 32.3 Å². The maximum Gasteiger partial charge on any atom is 0.239 e. The summed E-state index contributed by atoms with van der Waals surface area (Å²) in [5, 5.41) is 3.34. The number of carbonyl (C=O) groups is 1. The zero-order valence-corrected chi connectivity index (χ0v) is 8.84. The third-order valence-corrected chi connectivity index (χ3v) is 2.76. The summed E-state index contributed by atoms with van der Waals surface area (Å²) in [4.78, 5) is 13.5. The van der Waals surface area contributed by atoms with Crippen LogP contribution in [0.1, 0.15) is 33.1 Å². The van der Waals surface area contributed by atoms with E-state index in [1.807, 2.05) is 14.0 Å². The van der Waals surface area contributed by atoms with Crippen LogP contribution in [0.15, 0.2) is 0 Å². The average Bonchev–Trinajstić information content (AvgIpc) is 2.15. The van der Waals surface area contributed by atoms with E-state index in [4.69, 9.17) is 0 Å². The number of nitrogens with one attached hydrogen (secondary N) is 1. The molecule has 1 amide bonds. The molecule has 1 fully saturated rings. The standard InChI is InChI=1S/C10H20N2O/c1-4-12(3)10(13)9-7-5-6-8(2)11-9/h8-9,11H,4-7H2,1-3H3. The second kappa shape index (κ2) is 4.61. The quantitative estimate of drug-likeness (QED) is 0.694. The molecule has 0 aliphatic carbocycles. The molecule has 1 aliphatic rings. The van der Waals surface area contributed by atoms with Crippen molar-refractivity contribution in [2.24, 2.45) is 0 Å². The third kappa shape index (κ3) is 2.69. The van der Waals surface area contributed by atoms with Gasteiger partial charge in [-0.2, -0.15) is 0 Å². The number of likely N-dealkylation sites (N-methyl/N-ethyl adjacent to an activating group) is 1. The van der Waals surface area contributed by atoms with E-state index in [9.17, 15) is 4.79 Å². The van der Waals surface area contributed by atoms with Gasteiger partial charge in [-0.25, -0.2) is 0 Å². The van der Waals surface area contributed by atoms with Gasteiger partial charge in [-0.15, -0.1) is 0 Å². The van der Waals surface area contributed by atoms with Crippen LogP contribution in [-0.2, 0) is 4.79 Å². The molecule has 1 aliphatic heterocycles.